The first kappa shape index (κ1) is 16.1. The molecule has 0 unspecified atom stereocenters. The molecule has 17 heavy (non-hydrogen) atoms. The van der Waals surface area contributed by atoms with Crippen molar-refractivity contribution in [3.63, 3.8) is 0 Å². The van der Waals surface area contributed by atoms with Crippen LogP contribution in [0.15, 0.2) is 12.0 Å². The Labute approximate surface area is 110 Å². The van der Waals surface area contributed by atoms with Crippen LogP contribution in [-0.4, -0.2) is 32.8 Å². The molecule has 0 aromatic carbocycles. The summed E-state index contributed by atoms with van der Waals surface area (Å²) in [5, 5.41) is 28.5. The molecule has 0 aromatic heterocycles. The Balaban J connectivity index is 4.69. The Hall–Kier alpha value is -0.880. The van der Waals surface area contributed by atoms with Crippen LogP contribution in [-0.2, 0) is 4.79 Å². The fourth-order valence-electron chi connectivity index (χ4n) is 0.718. The van der Waals surface area contributed by atoms with E-state index < -0.39 is 21.5 Å². The number of alkyl halides is 1. The standard InChI is InChI=1S/C11H19BrN2O3/c1-10(2,6-15)7(13)5-8(16)14-9(17)11(3,4)12/h5,13,15-16H,6H2,1-4H3,(H,14,17)/b8-5-,13-7?. The largest absolute Gasteiger partial charge is 0.494 e. The summed E-state index contributed by atoms with van der Waals surface area (Å²) in [4.78, 5) is 11.5. The molecule has 0 spiro atoms. The number of hydrogen-bond acceptors (Lipinski definition) is 4. The maximum atomic E-state index is 11.5. The molecule has 0 fully saturated rings. The van der Waals surface area contributed by atoms with Crippen LogP contribution in [0.25, 0.3) is 0 Å². The summed E-state index contributed by atoms with van der Waals surface area (Å²) in [6.07, 6.45) is 1.12. The van der Waals surface area contributed by atoms with E-state index in [1.807, 2.05) is 0 Å². The average Bonchev–Trinajstić information content (AvgIpc) is 2.15. The predicted molar refractivity (Wildman–Crippen MR) is 70.5 cm³/mol. The Kier molecular flexibility index (Phi) is 5.35. The second-order valence-electron chi connectivity index (χ2n) is 4.91. The van der Waals surface area contributed by atoms with Crippen molar-refractivity contribution in [1.29, 1.82) is 5.41 Å². The van der Waals surface area contributed by atoms with Crippen molar-refractivity contribution in [2.24, 2.45) is 5.41 Å². The quantitative estimate of drug-likeness (QED) is 0.354. The zero-order chi connectivity index (χ0) is 13.9. The van der Waals surface area contributed by atoms with E-state index >= 15 is 0 Å². The highest BCUT2D eigenvalue weighted by atomic mass is 79.9. The van der Waals surface area contributed by atoms with Crippen molar-refractivity contribution in [2.45, 2.75) is 32.0 Å². The second kappa shape index (κ2) is 5.64. The summed E-state index contributed by atoms with van der Waals surface area (Å²) in [5.74, 6) is -0.824. The van der Waals surface area contributed by atoms with E-state index in [0.717, 1.165) is 6.08 Å². The van der Waals surface area contributed by atoms with Gasteiger partial charge in [0.15, 0.2) is 5.88 Å². The molecule has 0 aliphatic carbocycles. The van der Waals surface area contributed by atoms with Crippen LogP contribution < -0.4 is 5.32 Å². The van der Waals surface area contributed by atoms with Crippen LogP contribution >= 0.6 is 15.9 Å². The topological polar surface area (TPSA) is 93.4 Å². The number of aliphatic hydroxyl groups excluding tert-OH is 2. The molecule has 0 aliphatic rings. The number of carbonyl (C=O) groups is 1. The molecule has 0 aliphatic heterocycles. The van der Waals surface area contributed by atoms with E-state index in [4.69, 9.17) is 10.5 Å². The van der Waals surface area contributed by atoms with Crippen LogP contribution in [0.4, 0.5) is 0 Å². The van der Waals surface area contributed by atoms with Crippen molar-refractivity contribution < 1.29 is 15.0 Å². The lowest BCUT2D eigenvalue weighted by molar-refractivity contribution is -0.122. The van der Waals surface area contributed by atoms with Crippen molar-refractivity contribution >= 4 is 27.5 Å². The minimum atomic E-state index is -0.802. The van der Waals surface area contributed by atoms with Gasteiger partial charge in [0, 0.05) is 17.2 Å². The van der Waals surface area contributed by atoms with Crippen molar-refractivity contribution in [2.75, 3.05) is 6.61 Å². The fourth-order valence-corrected chi connectivity index (χ4v) is 0.817. The molecule has 0 rings (SSSR count). The van der Waals surface area contributed by atoms with Gasteiger partial charge in [-0.25, -0.2) is 0 Å². The molecular formula is C11H19BrN2O3. The van der Waals surface area contributed by atoms with Gasteiger partial charge in [-0.3, -0.25) is 10.1 Å². The summed E-state index contributed by atoms with van der Waals surface area (Å²) >= 11 is 3.15. The summed E-state index contributed by atoms with van der Waals surface area (Å²) in [6.45, 7) is 6.38. The third-order valence-corrected chi connectivity index (χ3v) is 2.55. The van der Waals surface area contributed by atoms with Gasteiger partial charge in [0.05, 0.1) is 10.9 Å². The van der Waals surface area contributed by atoms with Gasteiger partial charge in [-0.15, -0.1) is 0 Å². The number of amides is 1. The summed E-state index contributed by atoms with van der Waals surface area (Å²) in [6, 6.07) is 0. The first-order valence-corrected chi connectivity index (χ1v) is 5.91. The number of carbonyl (C=O) groups excluding carboxylic acids is 1. The molecule has 5 nitrogen and oxygen atoms in total. The molecule has 6 heteroatoms. The summed E-state index contributed by atoms with van der Waals surface area (Å²) in [7, 11) is 0. The first-order chi connectivity index (χ1) is 7.50. The van der Waals surface area contributed by atoms with Crippen molar-refractivity contribution in [3.05, 3.63) is 12.0 Å². The molecule has 0 radical (unpaired) electrons. The van der Waals surface area contributed by atoms with Crippen LogP contribution in [0.3, 0.4) is 0 Å². The third kappa shape index (κ3) is 5.32. The number of halogens is 1. The Morgan fingerprint density at radius 3 is 2.24 bits per heavy atom. The number of aliphatic hydroxyl groups is 2. The highest BCUT2D eigenvalue weighted by molar-refractivity contribution is 9.10. The summed E-state index contributed by atoms with van der Waals surface area (Å²) in [5.41, 5.74) is -0.729. The Bertz CT molecular complexity index is 343. The van der Waals surface area contributed by atoms with E-state index in [0.29, 0.717) is 0 Å². The monoisotopic (exact) mass is 306 g/mol. The van der Waals surface area contributed by atoms with Gasteiger partial charge in [0.2, 0.25) is 5.91 Å². The SMILES string of the molecule is CC(C)(Br)C(=O)N/C(O)=C/C(=N)C(C)(C)CO. The van der Waals surface area contributed by atoms with Crippen LogP contribution in [0.1, 0.15) is 27.7 Å². The minimum Gasteiger partial charge on any atom is -0.494 e. The van der Waals surface area contributed by atoms with Crippen molar-refractivity contribution in [3.8, 4) is 0 Å². The smallest absolute Gasteiger partial charge is 0.242 e. The zero-order valence-corrected chi connectivity index (χ0v) is 12.1. The molecule has 1 amide bonds. The first-order valence-electron chi connectivity index (χ1n) is 5.11. The number of nitrogens with one attached hydrogen (secondary N) is 2. The second-order valence-corrected chi connectivity index (χ2v) is 6.89. The van der Waals surface area contributed by atoms with Crippen LogP contribution in [0, 0.1) is 10.8 Å². The molecule has 0 saturated heterocycles. The average molecular weight is 307 g/mol. The highest BCUT2D eigenvalue weighted by Crippen LogP contribution is 2.18. The lowest BCUT2D eigenvalue weighted by atomic mass is 9.88. The van der Waals surface area contributed by atoms with Gasteiger partial charge in [-0.2, -0.15) is 0 Å². The fraction of sp³-hybridized carbons (Fsp3) is 0.636. The van der Waals surface area contributed by atoms with Gasteiger partial charge in [0.25, 0.3) is 0 Å². The predicted octanol–water partition coefficient (Wildman–Crippen LogP) is 1.71. The number of hydrogen-bond donors (Lipinski definition) is 4. The molecule has 0 heterocycles. The van der Waals surface area contributed by atoms with Crippen LogP contribution in [0.2, 0.25) is 0 Å². The number of allylic oxidation sites excluding steroid dienone is 1. The maximum absolute atomic E-state index is 11.5. The molecule has 4 N–H and O–H groups in total. The number of rotatable bonds is 5. The van der Waals surface area contributed by atoms with E-state index in [-0.39, 0.29) is 12.3 Å². The normalized spacial score (nSPS) is 13.4. The van der Waals surface area contributed by atoms with Gasteiger partial charge in [0.1, 0.15) is 0 Å². The summed E-state index contributed by atoms with van der Waals surface area (Å²) < 4.78 is -0.802. The Morgan fingerprint density at radius 1 is 1.41 bits per heavy atom. The lowest BCUT2D eigenvalue weighted by Crippen LogP contribution is -2.37. The Morgan fingerprint density at radius 2 is 1.88 bits per heavy atom. The lowest BCUT2D eigenvalue weighted by Gasteiger charge is -2.21. The molecule has 0 saturated carbocycles. The van der Waals surface area contributed by atoms with Gasteiger partial charge < -0.3 is 15.6 Å². The molecule has 98 valence electrons. The minimum absolute atomic E-state index is 0.0326. The van der Waals surface area contributed by atoms with Gasteiger partial charge in [-0.05, 0) is 13.8 Å². The molecule has 0 bridgehead atoms. The van der Waals surface area contributed by atoms with E-state index in [2.05, 4.69) is 21.2 Å². The van der Waals surface area contributed by atoms with Crippen LogP contribution in [0.5, 0.6) is 0 Å². The van der Waals surface area contributed by atoms with E-state index in [1.54, 1.807) is 27.7 Å². The molecule has 0 aromatic rings. The van der Waals surface area contributed by atoms with Gasteiger partial charge in [-0.1, -0.05) is 29.8 Å². The maximum Gasteiger partial charge on any atom is 0.242 e. The highest BCUT2D eigenvalue weighted by Gasteiger charge is 2.25. The molecule has 0 atom stereocenters. The van der Waals surface area contributed by atoms with Gasteiger partial charge >= 0.3 is 0 Å². The van der Waals surface area contributed by atoms with E-state index in [1.165, 1.54) is 0 Å². The zero-order valence-electron chi connectivity index (χ0n) is 10.5. The van der Waals surface area contributed by atoms with E-state index in [9.17, 15) is 9.90 Å². The molecular weight excluding hydrogens is 288 g/mol. The third-order valence-electron chi connectivity index (χ3n) is 2.19. The van der Waals surface area contributed by atoms with Crippen molar-refractivity contribution in [1.82, 2.24) is 5.32 Å².